The first-order valence-corrected chi connectivity index (χ1v) is 6.89. The van der Waals surface area contributed by atoms with Gasteiger partial charge in [-0.25, -0.2) is 0 Å². The Bertz CT molecular complexity index is 251. The van der Waals surface area contributed by atoms with E-state index in [1.807, 2.05) is 0 Å². The second-order valence-electron chi connectivity index (χ2n) is 5.25. The molecule has 0 aromatic heterocycles. The molecule has 2 aliphatic rings. The lowest BCUT2D eigenvalue weighted by atomic mass is 9.92. The number of hydrogen-bond donors (Lipinski definition) is 2. The fraction of sp³-hybridized carbons (Fsp3) is 0.923. The average molecular weight is 277 g/mol. The summed E-state index contributed by atoms with van der Waals surface area (Å²) >= 11 is 0. The summed E-state index contributed by atoms with van der Waals surface area (Å²) in [5.41, 5.74) is 0. The molecule has 0 saturated carbocycles. The molecule has 2 aliphatic heterocycles. The number of hydrogen-bond acceptors (Lipinski definition) is 3. The van der Waals surface area contributed by atoms with E-state index < -0.39 is 0 Å². The smallest absolute Gasteiger partial charge is 0.237 e. The molecule has 18 heavy (non-hydrogen) atoms. The number of ether oxygens (including phenoxy) is 1. The van der Waals surface area contributed by atoms with Gasteiger partial charge in [0.25, 0.3) is 0 Å². The Hall–Kier alpha value is -0.320. The van der Waals surface area contributed by atoms with E-state index in [4.69, 9.17) is 4.74 Å². The lowest BCUT2D eigenvalue weighted by Gasteiger charge is -2.30. The van der Waals surface area contributed by atoms with E-state index in [0.717, 1.165) is 45.4 Å². The fourth-order valence-corrected chi connectivity index (χ4v) is 2.73. The van der Waals surface area contributed by atoms with Gasteiger partial charge in [-0.2, -0.15) is 0 Å². The van der Waals surface area contributed by atoms with E-state index in [1.165, 1.54) is 6.42 Å². The number of nitrogens with one attached hydrogen (secondary N) is 2. The van der Waals surface area contributed by atoms with Gasteiger partial charge in [-0.15, -0.1) is 12.4 Å². The predicted octanol–water partition coefficient (Wildman–Crippen LogP) is 1.48. The van der Waals surface area contributed by atoms with Crippen molar-refractivity contribution in [3.8, 4) is 0 Å². The van der Waals surface area contributed by atoms with E-state index in [9.17, 15) is 4.79 Å². The van der Waals surface area contributed by atoms with Crippen molar-refractivity contribution in [1.82, 2.24) is 10.6 Å². The van der Waals surface area contributed by atoms with Crippen molar-refractivity contribution in [3.05, 3.63) is 0 Å². The van der Waals surface area contributed by atoms with Crippen molar-refractivity contribution < 1.29 is 9.53 Å². The highest BCUT2D eigenvalue weighted by atomic mass is 35.5. The van der Waals surface area contributed by atoms with E-state index in [0.29, 0.717) is 5.92 Å². The summed E-state index contributed by atoms with van der Waals surface area (Å²) in [4.78, 5) is 12.0. The summed E-state index contributed by atoms with van der Waals surface area (Å²) in [5, 5.41) is 6.45. The quantitative estimate of drug-likeness (QED) is 0.821. The lowest BCUT2D eigenvalue weighted by molar-refractivity contribution is -0.124. The van der Waals surface area contributed by atoms with Crippen LogP contribution >= 0.6 is 12.4 Å². The number of piperidine rings is 1. The van der Waals surface area contributed by atoms with Crippen molar-refractivity contribution in [2.75, 3.05) is 19.8 Å². The molecule has 0 aliphatic carbocycles. The summed E-state index contributed by atoms with van der Waals surface area (Å²) in [6.07, 6.45) is 5.47. The lowest BCUT2D eigenvalue weighted by Crippen LogP contribution is -2.51. The number of halogens is 1. The fourth-order valence-electron chi connectivity index (χ4n) is 2.73. The molecule has 2 N–H and O–H groups in total. The van der Waals surface area contributed by atoms with E-state index >= 15 is 0 Å². The standard InChI is InChI=1S/C13H24N2O2.ClH/c1-10(11-5-8-17-9-6-11)15-13(16)12-4-2-3-7-14-12;/h10-12,14H,2-9H2,1H3,(H,15,16);1H/t10?,12-;/m0./s1. The molecule has 0 radical (unpaired) electrons. The second kappa shape index (κ2) is 7.97. The first-order valence-electron chi connectivity index (χ1n) is 6.89. The van der Waals surface area contributed by atoms with Crippen LogP contribution in [-0.4, -0.2) is 37.7 Å². The largest absolute Gasteiger partial charge is 0.381 e. The highest BCUT2D eigenvalue weighted by Crippen LogP contribution is 2.19. The highest BCUT2D eigenvalue weighted by molar-refractivity contribution is 5.85. The van der Waals surface area contributed by atoms with Crippen LogP contribution in [0.3, 0.4) is 0 Å². The van der Waals surface area contributed by atoms with Crippen molar-refractivity contribution in [3.63, 3.8) is 0 Å². The van der Waals surface area contributed by atoms with Crippen molar-refractivity contribution >= 4 is 18.3 Å². The van der Waals surface area contributed by atoms with Crippen LogP contribution in [0.15, 0.2) is 0 Å². The number of carbonyl (C=O) groups is 1. The van der Waals surface area contributed by atoms with Gasteiger partial charge in [-0.05, 0) is 45.1 Å². The van der Waals surface area contributed by atoms with Gasteiger partial charge in [-0.1, -0.05) is 6.42 Å². The zero-order chi connectivity index (χ0) is 12.1. The van der Waals surface area contributed by atoms with Crippen LogP contribution < -0.4 is 10.6 Å². The maximum atomic E-state index is 12.0. The van der Waals surface area contributed by atoms with Crippen LogP contribution in [0.25, 0.3) is 0 Å². The average Bonchev–Trinajstić information content (AvgIpc) is 2.40. The number of amides is 1. The van der Waals surface area contributed by atoms with E-state index in [1.54, 1.807) is 0 Å². The molecule has 2 saturated heterocycles. The molecule has 4 nitrogen and oxygen atoms in total. The molecule has 0 spiro atoms. The summed E-state index contributed by atoms with van der Waals surface area (Å²) < 4.78 is 5.35. The molecule has 2 rings (SSSR count). The Balaban J connectivity index is 0.00000162. The van der Waals surface area contributed by atoms with Crippen LogP contribution in [0, 0.1) is 5.92 Å². The minimum Gasteiger partial charge on any atom is -0.381 e. The first kappa shape index (κ1) is 15.7. The zero-order valence-electron chi connectivity index (χ0n) is 11.1. The Morgan fingerprint density at radius 2 is 2.00 bits per heavy atom. The molecule has 5 heteroatoms. The SMILES string of the molecule is CC(NC(=O)[C@@H]1CCCCN1)C1CCOCC1.Cl. The van der Waals surface area contributed by atoms with Gasteiger partial charge in [0.2, 0.25) is 5.91 Å². The molecule has 2 heterocycles. The van der Waals surface area contributed by atoms with Crippen LogP contribution in [0.4, 0.5) is 0 Å². The minimum absolute atomic E-state index is 0. The molecule has 0 bridgehead atoms. The Kier molecular flexibility index (Phi) is 6.97. The molecule has 0 aromatic rings. The van der Waals surface area contributed by atoms with Gasteiger partial charge in [0.05, 0.1) is 6.04 Å². The van der Waals surface area contributed by atoms with E-state index in [2.05, 4.69) is 17.6 Å². The van der Waals surface area contributed by atoms with Crippen molar-refractivity contribution in [2.45, 2.75) is 51.1 Å². The summed E-state index contributed by atoms with van der Waals surface area (Å²) in [7, 11) is 0. The molecular weight excluding hydrogens is 252 g/mol. The molecule has 106 valence electrons. The topological polar surface area (TPSA) is 50.4 Å². The monoisotopic (exact) mass is 276 g/mol. The Morgan fingerprint density at radius 3 is 2.61 bits per heavy atom. The van der Waals surface area contributed by atoms with Gasteiger partial charge in [0.1, 0.15) is 0 Å². The maximum absolute atomic E-state index is 12.0. The maximum Gasteiger partial charge on any atom is 0.237 e. The third kappa shape index (κ3) is 4.41. The third-order valence-electron chi connectivity index (χ3n) is 3.97. The minimum atomic E-state index is 0. The molecule has 2 fully saturated rings. The second-order valence-corrected chi connectivity index (χ2v) is 5.25. The summed E-state index contributed by atoms with van der Waals surface area (Å²) in [5.74, 6) is 0.764. The molecule has 0 aromatic carbocycles. The van der Waals surface area contributed by atoms with E-state index in [-0.39, 0.29) is 30.4 Å². The summed E-state index contributed by atoms with van der Waals surface area (Å²) in [6, 6.07) is 0.307. The van der Waals surface area contributed by atoms with Gasteiger partial charge >= 0.3 is 0 Å². The molecule has 1 unspecified atom stereocenters. The van der Waals surface area contributed by atoms with Crippen molar-refractivity contribution in [2.24, 2.45) is 5.92 Å². The van der Waals surface area contributed by atoms with Gasteiger partial charge in [0.15, 0.2) is 0 Å². The van der Waals surface area contributed by atoms with Crippen LogP contribution in [0.5, 0.6) is 0 Å². The van der Waals surface area contributed by atoms with Crippen LogP contribution in [0.2, 0.25) is 0 Å². The van der Waals surface area contributed by atoms with Crippen molar-refractivity contribution in [1.29, 1.82) is 0 Å². The molecular formula is C13H25ClN2O2. The van der Waals surface area contributed by atoms with Crippen LogP contribution in [-0.2, 0) is 9.53 Å². The van der Waals surface area contributed by atoms with Gasteiger partial charge in [0, 0.05) is 19.3 Å². The predicted molar refractivity (Wildman–Crippen MR) is 74.0 cm³/mol. The normalized spacial score (nSPS) is 27.1. The zero-order valence-corrected chi connectivity index (χ0v) is 11.9. The Morgan fingerprint density at radius 1 is 1.28 bits per heavy atom. The number of carbonyl (C=O) groups excluding carboxylic acids is 1. The van der Waals surface area contributed by atoms with Crippen LogP contribution in [0.1, 0.15) is 39.0 Å². The third-order valence-corrected chi connectivity index (χ3v) is 3.97. The first-order chi connectivity index (χ1) is 8.27. The number of rotatable bonds is 3. The van der Waals surface area contributed by atoms with Gasteiger partial charge < -0.3 is 15.4 Å². The van der Waals surface area contributed by atoms with Gasteiger partial charge in [-0.3, -0.25) is 4.79 Å². The summed E-state index contributed by atoms with van der Waals surface area (Å²) in [6.45, 7) is 4.78. The highest BCUT2D eigenvalue weighted by Gasteiger charge is 2.25. The molecule has 2 atom stereocenters. The Labute approximate surface area is 116 Å². The molecule has 1 amide bonds.